The molecule has 0 spiro atoms. The number of hydrogen-bond acceptors (Lipinski definition) is 5. The summed E-state index contributed by atoms with van der Waals surface area (Å²) in [6.07, 6.45) is 2.17. The summed E-state index contributed by atoms with van der Waals surface area (Å²) < 4.78 is 27.4. The molecule has 1 heterocycles. The molecule has 10 heteroatoms. The van der Waals surface area contributed by atoms with Gasteiger partial charge in [0.2, 0.25) is 10.0 Å². The molecule has 0 aromatic heterocycles. The van der Waals surface area contributed by atoms with Gasteiger partial charge in [-0.1, -0.05) is 18.5 Å². The van der Waals surface area contributed by atoms with Gasteiger partial charge < -0.3 is 5.32 Å². The second-order valence-corrected chi connectivity index (χ2v) is 7.73. The number of piperidine rings is 1. The third-order valence-electron chi connectivity index (χ3n) is 3.87. The number of rotatable bonds is 6. The smallest absolute Gasteiger partial charge is 0.271 e. The van der Waals surface area contributed by atoms with Crippen LogP contribution in [0.15, 0.2) is 23.1 Å². The number of nitro groups is 1. The lowest BCUT2D eigenvalue weighted by molar-refractivity contribution is -0.384. The fourth-order valence-electron chi connectivity index (χ4n) is 2.75. The number of nitrogens with one attached hydrogen (secondary N) is 1. The predicted octanol–water partition coefficient (Wildman–Crippen LogP) is 2.82. The Morgan fingerprint density at radius 1 is 1.38 bits per heavy atom. The van der Waals surface area contributed by atoms with E-state index in [0.29, 0.717) is 13.0 Å². The lowest BCUT2D eigenvalue weighted by Gasteiger charge is -2.33. The minimum absolute atomic E-state index is 0. The Hall–Kier alpha value is -0.930. The van der Waals surface area contributed by atoms with E-state index in [1.807, 2.05) is 6.92 Å². The molecule has 0 aliphatic carbocycles. The van der Waals surface area contributed by atoms with Crippen molar-refractivity contribution < 1.29 is 13.3 Å². The normalized spacial score (nSPS) is 16.0. The quantitative estimate of drug-likeness (QED) is 0.588. The molecule has 1 fully saturated rings. The van der Waals surface area contributed by atoms with Crippen molar-refractivity contribution in [3.63, 3.8) is 0 Å². The van der Waals surface area contributed by atoms with Crippen LogP contribution in [0.3, 0.4) is 0 Å². The molecule has 1 N–H and O–H groups in total. The van der Waals surface area contributed by atoms with Crippen LogP contribution in [0.25, 0.3) is 0 Å². The van der Waals surface area contributed by atoms with Gasteiger partial charge >= 0.3 is 0 Å². The molecule has 0 amide bonds. The first-order valence-corrected chi connectivity index (χ1v) is 9.36. The van der Waals surface area contributed by atoms with Crippen LogP contribution < -0.4 is 5.32 Å². The Morgan fingerprint density at radius 2 is 2.00 bits per heavy atom. The minimum atomic E-state index is -3.78. The van der Waals surface area contributed by atoms with Crippen molar-refractivity contribution in [2.75, 3.05) is 19.6 Å². The van der Waals surface area contributed by atoms with Crippen LogP contribution in [0.2, 0.25) is 5.02 Å². The van der Waals surface area contributed by atoms with Crippen molar-refractivity contribution in [2.45, 2.75) is 37.1 Å². The topological polar surface area (TPSA) is 92.6 Å². The van der Waals surface area contributed by atoms with Gasteiger partial charge in [0.25, 0.3) is 5.69 Å². The van der Waals surface area contributed by atoms with E-state index in [2.05, 4.69) is 5.32 Å². The third-order valence-corrected chi connectivity index (χ3v) is 6.31. The molecule has 7 nitrogen and oxygen atoms in total. The van der Waals surface area contributed by atoms with E-state index in [4.69, 9.17) is 11.6 Å². The standard InChI is InChI=1S/C14H20ClN3O4S.ClH/c1-2-9-17(11-5-7-16-8-6-11)23(21,22)14-4-3-12(18(19)20)10-13(14)15;/h3-4,10-11,16H,2,5-9H2,1H3;1H. The highest BCUT2D eigenvalue weighted by molar-refractivity contribution is 7.89. The second kappa shape index (κ2) is 8.96. The van der Waals surface area contributed by atoms with Gasteiger partial charge in [-0.3, -0.25) is 10.1 Å². The molecule has 1 aromatic carbocycles. The second-order valence-electron chi connectivity index (χ2n) is 5.47. The molecule has 136 valence electrons. The van der Waals surface area contributed by atoms with Gasteiger partial charge in [0.15, 0.2) is 0 Å². The van der Waals surface area contributed by atoms with E-state index in [-0.39, 0.29) is 34.1 Å². The molecule has 2 rings (SSSR count). The number of sulfonamides is 1. The summed E-state index contributed by atoms with van der Waals surface area (Å²) in [5.74, 6) is 0. The van der Waals surface area contributed by atoms with Gasteiger partial charge in [-0.2, -0.15) is 4.31 Å². The van der Waals surface area contributed by atoms with Crippen LogP contribution in [-0.4, -0.2) is 43.3 Å². The number of hydrogen-bond donors (Lipinski definition) is 1. The van der Waals surface area contributed by atoms with Crippen LogP contribution in [0.1, 0.15) is 26.2 Å². The van der Waals surface area contributed by atoms with Crippen molar-refractivity contribution >= 4 is 39.7 Å². The summed E-state index contributed by atoms with van der Waals surface area (Å²) in [5.41, 5.74) is -0.224. The molecular weight excluding hydrogens is 377 g/mol. The Balaban J connectivity index is 0.00000288. The van der Waals surface area contributed by atoms with Crippen LogP contribution in [0.5, 0.6) is 0 Å². The summed E-state index contributed by atoms with van der Waals surface area (Å²) in [7, 11) is -3.78. The zero-order valence-electron chi connectivity index (χ0n) is 13.3. The van der Waals surface area contributed by atoms with Crippen LogP contribution in [0.4, 0.5) is 5.69 Å². The van der Waals surface area contributed by atoms with Crippen LogP contribution in [-0.2, 0) is 10.0 Å². The molecule has 1 saturated heterocycles. The first-order chi connectivity index (χ1) is 10.9. The molecule has 0 atom stereocenters. The monoisotopic (exact) mass is 397 g/mol. The highest BCUT2D eigenvalue weighted by Crippen LogP contribution is 2.30. The Kier molecular flexibility index (Phi) is 7.88. The number of halogens is 2. The lowest BCUT2D eigenvalue weighted by Crippen LogP contribution is -2.46. The first-order valence-electron chi connectivity index (χ1n) is 7.54. The van der Waals surface area contributed by atoms with Gasteiger partial charge in [0, 0.05) is 24.7 Å². The highest BCUT2D eigenvalue weighted by Gasteiger charge is 2.33. The summed E-state index contributed by atoms with van der Waals surface area (Å²) in [5, 5.41) is 13.9. The van der Waals surface area contributed by atoms with Crippen molar-refractivity contribution in [2.24, 2.45) is 0 Å². The molecule has 0 saturated carbocycles. The van der Waals surface area contributed by atoms with Crippen molar-refractivity contribution in [1.82, 2.24) is 9.62 Å². The lowest BCUT2D eigenvalue weighted by atomic mass is 10.1. The van der Waals surface area contributed by atoms with E-state index in [0.717, 1.165) is 32.0 Å². The maximum absolute atomic E-state index is 13.0. The highest BCUT2D eigenvalue weighted by atomic mass is 35.5. The Bertz CT molecular complexity index is 679. The van der Waals surface area contributed by atoms with E-state index in [1.54, 1.807) is 0 Å². The van der Waals surface area contributed by atoms with Gasteiger partial charge in [0.05, 0.1) is 9.95 Å². The van der Waals surface area contributed by atoms with Gasteiger partial charge in [0.1, 0.15) is 4.90 Å². The van der Waals surface area contributed by atoms with Gasteiger partial charge in [-0.25, -0.2) is 8.42 Å². The zero-order chi connectivity index (χ0) is 17.0. The first kappa shape index (κ1) is 21.1. The molecule has 1 aliphatic heterocycles. The fraction of sp³-hybridized carbons (Fsp3) is 0.571. The molecule has 1 aromatic rings. The number of nitro benzene ring substituents is 1. The maximum Gasteiger partial charge on any atom is 0.271 e. The largest absolute Gasteiger partial charge is 0.317 e. The fourth-order valence-corrected chi connectivity index (χ4v) is 5.04. The third kappa shape index (κ3) is 4.58. The summed E-state index contributed by atoms with van der Waals surface area (Å²) in [6, 6.07) is 3.40. The number of benzene rings is 1. The average Bonchev–Trinajstić information content (AvgIpc) is 2.52. The minimum Gasteiger partial charge on any atom is -0.317 e. The average molecular weight is 398 g/mol. The molecule has 0 unspecified atom stereocenters. The predicted molar refractivity (Wildman–Crippen MR) is 95.4 cm³/mol. The van der Waals surface area contributed by atoms with E-state index >= 15 is 0 Å². The number of nitrogens with zero attached hydrogens (tertiary/aromatic N) is 2. The van der Waals surface area contributed by atoms with Gasteiger partial charge in [-0.15, -0.1) is 12.4 Å². The molecule has 0 radical (unpaired) electrons. The van der Waals surface area contributed by atoms with Crippen molar-refractivity contribution in [3.05, 3.63) is 33.3 Å². The number of non-ortho nitro benzene ring substituents is 1. The molecule has 24 heavy (non-hydrogen) atoms. The van der Waals surface area contributed by atoms with Crippen molar-refractivity contribution in [1.29, 1.82) is 0 Å². The van der Waals surface area contributed by atoms with Gasteiger partial charge in [-0.05, 0) is 38.4 Å². The van der Waals surface area contributed by atoms with Crippen molar-refractivity contribution in [3.8, 4) is 0 Å². The van der Waals surface area contributed by atoms with E-state index in [9.17, 15) is 18.5 Å². The van der Waals surface area contributed by atoms with Crippen LogP contribution in [0, 0.1) is 10.1 Å². The van der Waals surface area contributed by atoms with E-state index in [1.165, 1.54) is 16.4 Å². The summed E-state index contributed by atoms with van der Waals surface area (Å²) in [4.78, 5) is 10.1. The summed E-state index contributed by atoms with van der Waals surface area (Å²) >= 11 is 6.02. The molecule has 0 bridgehead atoms. The van der Waals surface area contributed by atoms with E-state index < -0.39 is 14.9 Å². The summed E-state index contributed by atoms with van der Waals surface area (Å²) in [6.45, 7) is 3.87. The SMILES string of the molecule is CCCN(C1CCNCC1)S(=O)(=O)c1ccc([N+](=O)[O-])cc1Cl.Cl. The molecular formula is C14H21Cl2N3O4S. The Labute approximate surface area is 153 Å². The Morgan fingerprint density at radius 3 is 2.50 bits per heavy atom. The molecule has 1 aliphatic rings. The maximum atomic E-state index is 13.0. The van der Waals surface area contributed by atoms with Crippen LogP contribution >= 0.6 is 24.0 Å². The zero-order valence-corrected chi connectivity index (χ0v) is 15.7.